The molecule has 0 aliphatic heterocycles. The second kappa shape index (κ2) is 3.81. The number of aliphatic hydroxyl groups excluding tert-OH is 1. The molecule has 2 heteroatoms. The number of ketones is 1. The Balaban J connectivity index is 2.06. The molecule has 3 rings (SSSR count). The van der Waals surface area contributed by atoms with Gasteiger partial charge in [-0.1, -0.05) is 24.3 Å². The van der Waals surface area contributed by atoms with E-state index < -0.39 is 6.10 Å². The Labute approximate surface area is 101 Å². The maximum absolute atomic E-state index is 12.1. The number of fused-ring (bicyclic) bond motifs is 1. The molecule has 0 aromatic heterocycles. The third-order valence-corrected chi connectivity index (χ3v) is 4.02. The third kappa shape index (κ3) is 1.48. The predicted molar refractivity (Wildman–Crippen MR) is 66.4 cm³/mol. The lowest BCUT2D eigenvalue weighted by Crippen LogP contribution is -2.15. The molecule has 88 valence electrons. The van der Waals surface area contributed by atoms with Crippen molar-refractivity contribution in [1.82, 2.24) is 0 Å². The standard InChI is InChI=1S/C15H16O2/c1-2-11-14(16)12-7-9-5-3-4-6-10(9)8-13(12)15(11)17/h2-3,5,7,10,14,16H,4,6,8H2,1H3/b11-2+. The summed E-state index contributed by atoms with van der Waals surface area (Å²) in [6, 6.07) is 0. The first-order valence-corrected chi connectivity index (χ1v) is 6.22. The van der Waals surface area contributed by atoms with Crippen LogP contribution in [0.25, 0.3) is 0 Å². The van der Waals surface area contributed by atoms with Gasteiger partial charge in [-0.25, -0.2) is 0 Å². The van der Waals surface area contributed by atoms with Crippen LogP contribution in [0.15, 0.2) is 46.6 Å². The van der Waals surface area contributed by atoms with Gasteiger partial charge in [-0.05, 0) is 43.3 Å². The van der Waals surface area contributed by atoms with Gasteiger partial charge in [0.15, 0.2) is 5.78 Å². The monoisotopic (exact) mass is 228 g/mol. The molecular weight excluding hydrogens is 212 g/mol. The second-order valence-electron chi connectivity index (χ2n) is 4.93. The van der Waals surface area contributed by atoms with Crippen molar-refractivity contribution in [3.63, 3.8) is 0 Å². The van der Waals surface area contributed by atoms with E-state index in [0.717, 1.165) is 30.4 Å². The fraction of sp³-hybridized carbons (Fsp3) is 0.400. The van der Waals surface area contributed by atoms with Crippen molar-refractivity contribution in [2.45, 2.75) is 32.3 Å². The summed E-state index contributed by atoms with van der Waals surface area (Å²) in [5, 5.41) is 10.1. The first-order valence-electron chi connectivity index (χ1n) is 6.22. The Morgan fingerprint density at radius 2 is 2.29 bits per heavy atom. The summed E-state index contributed by atoms with van der Waals surface area (Å²) in [6.45, 7) is 1.81. The van der Waals surface area contributed by atoms with Gasteiger partial charge < -0.3 is 5.11 Å². The van der Waals surface area contributed by atoms with Crippen molar-refractivity contribution in [1.29, 1.82) is 0 Å². The van der Waals surface area contributed by atoms with E-state index >= 15 is 0 Å². The average Bonchev–Trinajstić information content (AvgIpc) is 2.59. The Bertz CT molecular complexity index is 503. The fourth-order valence-electron chi connectivity index (χ4n) is 3.06. The number of allylic oxidation sites excluding steroid dienone is 5. The molecule has 0 aromatic rings. The molecule has 3 aliphatic rings. The Morgan fingerprint density at radius 1 is 1.47 bits per heavy atom. The van der Waals surface area contributed by atoms with Crippen LogP contribution in [0.1, 0.15) is 26.2 Å². The van der Waals surface area contributed by atoms with Crippen LogP contribution in [0, 0.1) is 5.92 Å². The van der Waals surface area contributed by atoms with Gasteiger partial charge in [-0.15, -0.1) is 0 Å². The maximum atomic E-state index is 12.1. The van der Waals surface area contributed by atoms with Crippen molar-refractivity contribution in [3.8, 4) is 0 Å². The highest BCUT2D eigenvalue weighted by Gasteiger charge is 2.38. The summed E-state index contributed by atoms with van der Waals surface area (Å²) < 4.78 is 0. The highest BCUT2D eigenvalue weighted by Crippen LogP contribution is 2.42. The molecule has 2 atom stereocenters. The lowest BCUT2D eigenvalue weighted by Gasteiger charge is -2.26. The van der Waals surface area contributed by atoms with Gasteiger partial charge >= 0.3 is 0 Å². The fourth-order valence-corrected chi connectivity index (χ4v) is 3.06. The van der Waals surface area contributed by atoms with E-state index in [2.05, 4.69) is 12.2 Å². The molecule has 0 amide bonds. The highest BCUT2D eigenvalue weighted by molar-refractivity contribution is 6.13. The zero-order valence-electron chi connectivity index (χ0n) is 9.94. The summed E-state index contributed by atoms with van der Waals surface area (Å²) in [5.41, 5.74) is 3.50. The van der Waals surface area contributed by atoms with Gasteiger partial charge in [-0.3, -0.25) is 4.79 Å². The van der Waals surface area contributed by atoms with Crippen molar-refractivity contribution in [2.24, 2.45) is 5.92 Å². The molecule has 0 saturated heterocycles. The van der Waals surface area contributed by atoms with Gasteiger partial charge in [-0.2, -0.15) is 0 Å². The van der Waals surface area contributed by atoms with Crippen LogP contribution in [-0.2, 0) is 4.79 Å². The van der Waals surface area contributed by atoms with Crippen LogP contribution < -0.4 is 0 Å². The first kappa shape index (κ1) is 10.7. The van der Waals surface area contributed by atoms with Crippen molar-refractivity contribution >= 4 is 5.78 Å². The number of carbonyl (C=O) groups excluding carboxylic acids is 1. The lowest BCUT2D eigenvalue weighted by molar-refractivity contribution is -0.112. The van der Waals surface area contributed by atoms with Gasteiger partial charge in [0, 0.05) is 11.1 Å². The summed E-state index contributed by atoms with van der Waals surface area (Å²) in [5.74, 6) is 0.533. The average molecular weight is 228 g/mol. The molecule has 0 radical (unpaired) electrons. The van der Waals surface area contributed by atoms with Crippen LogP contribution in [-0.4, -0.2) is 17.0 Å². The molecule has 0 saturated carbocycles. The molecule has 2 nitrogen and oxygen atoms in total. The summed E-state index contributed by atoms with van der Waals surface area (Å²) in [4.78, 5) is 12.1. The van der Waals surface area contributed by atoms with E-state index in [9.17, 15) is 9.90 Å². The van der Waals surface area contributed by atoms with Gasteiger partial charge in [0.2, 0.25) is 0 Å². The van der Waals surface area contributed by atoms with E-state index in [-0.39, 0.29) is 5.78 Å². The van der Waals surface area contributed by atoms with E-state index in [4.69, 9.17) is 0 Å². The minimum Gasteiger partial charge on any atom is -0.384 e. The van der Waals surface area contributed by atoms with Gasteiger partial charge in [0.05, 0.1) is 0 Å². The maximum Gasteiger partial charge on any atom is 0.188 e. The normalized spacial score (nSPS) is 33.9. The molecule has 17 heavy (non-hydrogen) atoms. The molecule has 0 fully saturated rings. The molecule has 0 aromatic carbocycles. The molecule has 2 unspecified atom stereocenters. The SMILES string of the molecule is C/C=C1/C(=O)C2=C(C=C3C=CCCC3C2)C1O. The van der Waals surface area contributed by atoms with E-state index in [1.807, 2.05) is 13.0 Å². The Kier molecular flexibility index (Phi) is 2.40. The quantitative estimate of drug-likeness (QED) is 0.647. The topological polar surface area (TPSA) is 37.3 Å². The number of rotatable bonds is 0. The van der Waals surface area contributed by atoms with Crippen molar-refractivity contribution in [2.75, 3.05) is 0 Å². The number of carbonyl (C=O) groups is 1. The van der Waals surface area contributed by atoms with E-state index in [0.29, 0.717) is 11.5 Å². The number of hydrogen-bond acceptors (Lipinski definition) is 2. The van der Waals surface area contributed by atoms with Gasteiger partial charge in [0.25, 0.3) is 0 Å². The molecule has 0 spiro atoms. The van der Waals surface area contributed by atoms with Crippen molar-refractivity contribution < 1.29 is 9.90 Å². The highest BCUT2D eigenvalue weighted by atomic mass is 16.3. The van der Waals surface area contributed by atoms with Crippen molar-refractivity contribution in [3.05, 3.63) is 46.6 Å². The van der Waals surface area contributed by atoms with Crippen LogP contribution in [0.5, 0.6) is 0 Å². The number of aliphatic hydroxyl groups is 1. The van der Waals surface area contributed by atoms with E-state index in [1.54, 1.807) is 6.08 Å². The van der Waals surface area contributed by atoms with Crippen LogP contribution in [0.3, 0.4) is 0 Å². The lowest BCUT2D eigenvalue weighted by atomic mass is 9.79. The third-order valence-electron chi connectivity index (χ3n) is 4.02. The molecule has 0 heterocycles. The second-order valence-corrected chi connectivity index (χ2v) is 4.93. The number of hydrogen-bond donors (Lipinski definition) is 1. The summed E-state index contributed by atoms with van der Waals surface area (Å²) >= 11 is 0. The zero-order valence-corrected chi connectivity index (χ0v) is 9.94. The number of Topliss-reactive ketones (excluding diaryl/α,β-unsaturated/α-hetero) is 1. The van der Waals surface area contributed by atoms with Gasteiger partial charge in [0.1, 0.15) is 6.10 Å². The first-order chi connectivity index (χ1) is 8.22. The molecule has 1 N–H and O–H groups in total. The summed E-state index contributed by atoms with van der Waals surface area (Å²) in [7, 11) is 0. The molecular formula is C15H16O2. The summed E-state index contributed by atoms with van der Waals surface area (Å²) in [6.07, 6.45) is 10.4. The minimum absolute atomic E-state index is 0.0554. The Morgan fingerprint density at radius 3 is 3.06 bits per heavy atom. The van der Waals surface area contributed by atoms with E-state index in [1.165, 1.54) is 5.57 Å². The van der Waals surface area contributed by atoms with Crippen LogP contribution in [0.4, 0.5) is 0 Å². The van der Waals surface area contributed by atoms with Crippen LogP contribution >= 0.6 is 0 Å². The predicted octanol–water partition coefficient (Wildman–Crippen LogP) is 2.47. The Hall–Kier alpha value is -1.41. The molecule has 3 aliphatic carbocycles. The van der Waals surface area contributed by atoms with Crippen LogP contribution in [0.2, 0.25) is 0 Å². The molecule has 0 bridgehead atoms. The largest absolute Gasteiger partial charge is 0.384 e. The minimum atomic E-state index is -0.703. The smallest absolute Gasteiger partial charge is 0.188 e. The zero-order chi connectivity index (χ0) is 12.0.